The van der Waals surface area contributed by atoms with Gasteiger partial charge in [-0.15, -0.1) is 0 Å². The quantitative estimate of drug-likeness (QED) is 0.662. The average Bonchev–Trinajstić information content (AvgIpc) is 2.31. The summed E-state index contributed by atoms with van der Waals surface area (Å²) in [6.45, 7) is 2.28. The Morgan fingerprint density at radius 3 is 2.73 bits per heavy atom. The van der Waals surface area contributed by atoms with Gasteiger partial charge < -0.3 is 5.73 Å². The van der Waals surface area contributed by atoms with Crippen molar-refractivity contribution in [2.24, 2.45) is 17.6 Å². The molecule has 1 aliphatic rings. The van der Waals surface area contributed by atoms with Gasteiger partial charge >= 0.3 is 0 Å². The molecule has 0 radical (unpaired) electrons. The van der Waals surface area contributed by atoms with Gasteiger partial charge in [-0.3, -0.25) is 4.79 Å². The third-order valence-corrected chi connectivity index (χ3v) is 2.80. The van der Waals surface area contributed by atoms with E-state index in [0.717, 1.165) is 18.3 Å². The molecule has 0 saturated heterocycles. The fourth-order valence-corrected chi connectivity index (χ4v) is 1.98. The van der Waals surface area contributed by atoms with Crippen LogP contribution in [0.1, 0.15) is 39.0 Å². The van der Waals surface area contributed by atoms with E-state index in [1.807, 2.05) is 0 Å². The second-order valence-electron chi connectivity index (χ2n) is 3.67. The van der Waals surface area contributed by atoms with Gasteiger partial charge in [0.05, 0.1) is 0 Å². The van der Waals surface area contributed by atoms with Gasteiger partial charge in [-0.1, -0.05) is 26.2 Å². The first-order valence-corrected chi connectivity index (χ1v) is 4.48. The summed E-state index contributed by atoms with van der Waals surface area (Å²) in [5, 5.41) is 0. The zero-order valence-electron chi connectivity index (χ0n) is 7.18. The molecule has 1 saturated carbocycles. The Kier molecular flexibility index (Phi) is 2.92. The molecule has 0 bridgehead atoms. The fraction of sp³-hybridized carbons (Fsp3) is 0.889. The molecule has 0 aromatic carbocycles. The highest BCUT2D eigenvalue weighted by atomic mass is 16.1. The molecular formula is C9H17NO. The van der Waals surface area contributed by atoms with Gasteiger partial charge in [-0.05, 0) is 18.3 Å². The molecule has 1 rings (SSSR count). The molecule has 64 valence electrons. The molecule has 0 aromatic heterocycles. The lowest BCUT2D eigenvalue weighted by molar-refractivity contribution is -0.118. The van der Waals surface area contributed by atoms with E-state index in [4.69, 9.17) is 5.73 Å². The van der Waals surface area contributed by atoms with E-state index in [1.165, 1.54) is 19.3 Å². The molecule has 0 spiro atoms. The first-order valence-electron chi connectivity index (χ1n) is 4.48. The van der Waals surface area contributed by atoms with Crippen molar-refractivity contribution in [2.45, 2.75) is 39.0 Å². The summed E-state index contributed by atoms with van der Waals surface area (Å²) >= 11 is 0. The normalized spacial score (nSPS) is 30.6. The van der Waals surface area contributed by atoms with Gasteiger partial charge in [0, 0.05) is 6.42 Å². The lowest BCUT2D eigenvalue weighted by atomic mass is 9.93. The Bertz CT molecular complexity index is 144. The SMILES string of the molecule is C[C@H]1CCC[C@@H]1CCC(N)=O. The van der Waals surface area contributed by atoms with Crippen molar-refractivity contribution in [3.05, 3.63) is 0 Å². The lowest BCUT2D eigenvalue weighted by Gasteiger charge is -2.12. The summed E-state index contributed by atoms with van der Waals surface area (Å²) in [5.74, 6) is 1.43. The number of carbonyl (C=O) groups excluding carboxylic acids is 1. The van der Waals surface area contributed by atoms with Crippen LogP contribution in [-0.4, -0.2) is 5.91 Å². The number of nitrogens with two attached hydrogens (primary N) is 1. The van der Waals surface area contributed by atoms with Crippen LogP contribution < -0.4 is 5.73 Å². The Balaban J connectivity index is 2.20. The number of carbonyl (C=O) groups is 1. The van der Waals surface area contributed by atoms with Crippen molar-refractivity contribution in [3.63, 3.8) is 0 Å². The van der Waals surface area contributed by atoms with Gasteiger partial charge in [0.1, 0.15) is 0 Å². The highest BCUT2D eigenvalue weighted by molar-refractivity contribution is 5.73. The minimum absolute atomic E-state index is 0.149. The maximum absolute atomic E-state index is 10.5. The molecule has 11 heavy (non-hydrogen) atoms. The summed E-state index contributed by atoms with van der Waals surface area (Å²) in [6.07, 6.45) is 5.56. The minimum atomic E-state index is -0.149. The molecule has 2 atom stereocenters. The third-order valence-electron chi connectivity index (χ3n) is 2.80. The van der Waals surface area contributed by atoms with Gasteiger partial charge in [-0.25, -0.2) is 0 Å². The summed E-state index contributed by atoms with van der Waals surface area (Å²) in [6, 6.07) is 0. The van der Waals surface area contributed by atoms with Crippen molar-refractivity contribution in [3.8, 4) is 0 Å². The molecule has 2 N–H and O–H groups in total. The van der Waals surface area contributed by atoms with Gasteiger partial charge in [-0.2, -0.15) is 0 Å². The second-order valence-corrected chi connectivity index (χ2v) is 3.67. The van der Waals surface area contributed by atoms with Crippen LogP contribution in [0.4, 0.5) is 0 Å². The predicted molar refractivity (Wildman–Crippen MR) is 44.9 cm³/mol. The van der Waals surface area contributed by atoms with E-state index >= 15 is 0 Å². The maximum atomic E-state index is 10.5. The van der Waals surface area contributed by atoms with Crippen LogP contribution in [0.2, 0.25) is 0 Å². The topological polar surface area (TPSA) is 43.1 Å². The maximum Gasteiger partial charge on any atom is 0.217 e. The van der Waals surface area contributed by atoms with E-state index in [2.05, 4.69) is 6.92 Å². The van der Waals surface area contributed by atoms with Crippen molar-refractivity contribution in [2.75, 3.05) is 0 Å². The monoisotopic (exact) mass is 155 g/mol. The fourth-order valence-electron chi connectivity index (χ4n) is 1.98. The zero-order valence-corrected chi connectivity index (χ0v) is 7.18. The van der Waals surface area contributed by atoms with Gasteiger partial charge in [0.25, 0.3) is 0 Å². The van der Waals surface area contributed by atoms with E-state index in [0.29, 0.717) is 6.42 Å². The van der Waals surface area contributed by atoms with E-state index < -0.39 is 0 Å². The highest BCUT2D eigenvalue weighted by Gasteiger charge is 2.22. The van der Waals surface area contributed by atoms with Crippen molar-refractivity contribution in [1.29, 1.82) is 0 Å². The van der Waals surface area contributed by atoms with Crippen molar-refractivity contribution >= 4 is 5.91 Å². The van der Waals surface area contributed by atoms with E-state index in [-0.39, 0.29) is 5.91 Å². The molecule has 1 aliphatic carbocycles. The molecule has 0 aromatic rings. The smallest absolute Gasteiger partial charge is 0.217 e. The molecule has 0 aliphatic heterocycles. The first-order chi connectivity index (χ1) is 5.20. The van der Waals surface area contributed by atoms with E-state index in [1.54, 1.807) is 0 Å². The summed E-state index contributed by atoms with van der Waals surface area (Å²) in [7, 11) is 0. The molecule has 1 fully saturated rings. The van der Waals surface area contributed by atoms with Crippen LogP contribution in [0.5, 0.6) is 0 Å². The predicted octanol–water partition coefficient (Wildman–Crippen LogP) is 1.69. The number of amides is 1. The average molecular weight is 155 g/mol. The third kappa shape index (κ3) is 2.52. The number of primary amides is 1. The van der Waals surface area contributed by atoms with Crippen LogP contribution >= 0.6 is 0 Å². The van der Waals surface area contributed by atoms with E-state index in [9.17, 15) is 4.79 Å². The highest BCUT2D eigenvalue weighted by Crippen LogP contribution is 2.34. The molecular weight excluding hydrogens is 138 g/mol. The Morgan fingerprint density at radius 1 is 1.55 bits per heavy atom. The number of hydrogen-bond donors (Lipinski definition) is 1. The Morgan fingerprint density at radius 2 is 2.27 bits per heavy atom. The molecule has 0 heterocycles. The zero-order chi connectivity index (χ0) is 8.27. The standard InChI is InChI=1S/C9H17NO/c1-7-3-2-4-8(7)5-6-9(10)11/h7-8H,2-6H2,1H3,(H2,10,11)/t7-,8+/m0/s1. The van der Waals surface area contributed by atoms with Crippen LogP contribution in [0.3, 0.4) is 0 Å². The number of rotatable bonds is 3. The molecule has 2 heteroatoms. The van der Waals surface area contributed by atoms with Gasteiger partial charge in [0.15, 0.2) is 0 Å². The van der Waals surface area contributed by atoms with Gasteiger partial charge in [0.2, 0.25) is 5.91 Å². The summed E-state index contributed by atoms with van der Waals surface area (Å²) in [5.41, 5.74) is 5.08. The largest absolute Gasteiger partial charge is 0.370 e. The number of hydrogen-bond acceptors (Lipinski definition) is 1. The van der Waals surface area contributed by atoms with Crippen LogP contribution in [0.25, 0.3) is 0 Å². The van der Waals surface area contributed by atoms with Crippen molar-refractivity contribution < 1.29 is 4.79 Å². The molecule has 2 nitrogen and oxygen atoms in total. The molecule has 0 unspecified atom stereocenters. The lowest BCUT2D eigenvalue weighted by Crippen LogP contribution is -2.13. The van der Waals surface area contributed by atoms with Crippen LogP contribution in [-0.2, 0) is 4.79 Å². The minimum Gasteiger partial charge on any atom is -0.370 e. The Hall–Kier alpha value is -0.530. The summed E-state index contributed by atoms with van der Waals surface area (Å²) in [4.78, 5) is 10.5. The van der Waals surface area contributed by atoms with Crippen LogP contribution in [0.15, 0.2) is 0 Å². The summed E-state index contributed by atoms with van der Waals surface area (Å²) < 4.78 is 0. The molecule has 1 amide bonds. The first kappa shape index (κ1) is 8.57. The Labute approximate surface area is 68.2 Å². The van der Waals surface area contributed by atoms with Crippen LogP contribution in [0, 0.1) is 11.8 Å². The van der Waals surface area contributed by atoms with Crippen molar-refractivity contribution in [1.82, 2.24) is 0 Å². The second kappa shape index (κ2) is 3.74.